The minimum Gasteiger partial charge on any atom is -0.326 e. The molecule has 1 aromatic heterocycles. The van der Waals surface area contributed by atoms with Crippen molar-refractivity contribution in [3.63, 3.8) is 0 Å². The summed E-state index contributed by atoms with van der Waals surface area (Å²) in [5.41, 5.74) is 1.92. The Bertz CT molecular complexity index is 550. The molecule has 4 nitrogen and oxygen atoms in total. The number of carbonyl (C=O) groups excluding carboxylic acids is 1. The van der Waals surface area contributed by atoms with E-state index in [0.717, 1.165) is 35.8 Å². The van der Waals surface area contributed by atoms with E-state index < -0.39 is 0 Å². The van der Waals surface area contributed by atoms with Gasteiger partial charge >= 0.3 is 0 Å². The number of nitrogens with one attached hydrogen (secondary N) is 2. The summed E-state index contributed by atoms with van der Waals surface area (Å²) in [7, 11) is 0. The highest BCUT2D eigenvalue weighted by Crippen LogP contribution is 2.23. The molecule has 1 saturated heterocycles. The first-order chi connectivity index (χ1) is 9.33. The van der Waals surface area contributed by atoms with Gasteiger partial charge in [-0.05, 0) is 37.2 Å². The van der Waals surface area contributed by atoms with Gasteiger partial charge in [-0.15, -0.1) is 23.7 Å². The lowest BCUT2D eigenvalue weighted by atomic mass is 10.1. The smallest absolute Gasteiger partial charge is 0.228 e. The molecule has 2 N–H and O–H groups in total. The lowest BCUT2D eigenvalue weighted by molar-refractivity contribution is -0.119. The third-order valence-electron chi connectivity index (χ3n) is 3.26. The van der Waals surface area contributed by atoms with Gasteiger partial charge in [0.1, 0.15) is 5.01 Å². The highest BCUT2D eigenvalue weighted by Gasteiger charge is 2.22. The molecular weight excluding hydrogens is 294 g/mol. The van der Waals surface area contributed by atoms with Crippen LogP contribution >= 0.6 is 23.7 Å². The fourth-order valence-electron chi connectivity index (χ4n) is 2.18. The Morgan fingerprint density at radius 2 is 2.15 bits per heavy atom. The monoisotopic (exact) mass is 309 g/mol. The van der Waals surface area contributed by atoms with Crippen molar-refractivity contribution in [1.29, 1.82) is 0 Å². The third-order valence-corrected chi connectivity index (χ3v) is 4.08. The first-order valence-electron chi connectivity index (χ1n) is 6.34. The number of anilines is 1. The van der Waals surface area contributed by atoms with E-state index in [0.29, 0.717) is 0 Å². The Morgan fingerprint density at radius 3 is 2.75 bits per heavy atom. The van der Waals surface area contributed by atoms with E-state index in [4.69, 9.17) is 0 Å². The summed E-state index contributed by atoms with van der Waals surface area (Å²) in [5.74, 6) is 0.200. The van der Waals surface area contributed by atoms with Crippen LogP contribution in [0.5, 0.6) is 0 Å². The van der Waals surface area contributed by atoms with E-state index in [2.05, 4.69) is 15.6 Å². The summed E-state index contributed by atoms with van der Waals surface area (Å²) in [6.45, 7) is 1.71. The van der Waals surface area contributed by atoms with Gasteiger partial charge in [0.05, 0.1) is 5.92 Å². The van der Waals surface area contributed by atoms with Crippen LogP contribution in [0.25, 0.3) is 10.6 Å². The van der Waals surface area contributed by atoms with Crippen LogP contribution in [0.2, 0.25) is 0 Å². The second kappa shape index (κ2) is 6.83. The van der Waals surface area contributed by atoms with Gasteiger partial charge in [-0.1, -0.05) is 0 Å². The highest BCUT2D eigenvalue weighted by molar-refractivity contribution is 7.13. The van der Waals surface area contributed by atoms with Crippen LogP contribution in [0.15, 0.2) is 35.8 Å². The Kier molecular flexibility index (Phi) is 5.11. The van der Waals surface area contributed by atoms with Crippen LogP contribution in [0.1, 0.15) is 6.42 Å². The normalized spacial score (nSPS) is 17.5. The van der Waals surface area contributed by atoms with Gasteiger partial charge in [0.25, 0.3) is 0 Å². The average molecular weight is 310 g/mol. The molecule has 106 valence electrons. The molecule has 1 aliphatic rings. The van der Waals surface area contributed by atoms with Crippen LogP contribution in [0.4, 0.5) is 5.69 Å². The first-order valence-corrected chi connectivity index (χ1v) is 7.22. The number of hydrogen-bond donors (Lipinski definition) is 2. The minimum atomic E-state index is 0. The van der Waals surface area contributed by atoms with E-state index in [1.165, 1.54) is 0 Å². The van der Waals surface area contributed by atoms with Gasteiger partial charge in [0.2, 0.25) is 5.91 Å². The molecule has 3 rings (SSSR count). The van der Waals surface area contributed by atoms with Crippen molar-refractivity contribution in [2.45, 2.75) is 6.42 Å². The lowest BCUT2D eigenvalue weighted by Gasteiger charge is -2.10. The van der Waals surface area contributed by atoms with Crippen molar-refractivity contribution in [2.75, 3.05) is 18.4 Å². The van der Waals surface area contributed by atoms with Crippen molar-refractivity contribution in [2.24, 2.45) is 5.92 Å². The van der Waals surface area contributed by atoms with Crippen molar-refractivity contribution < 1.29 is 4.79 Å². The Labute approximate surface area is 128 Å². The zero-order valence-corrected chi connectivity index (χ0v) is 12.5. The number of nitrogens with zero attached hydrogens (tertiary/aromatic N) is 1. The molecule has 0 saturated carbocycles. The first kappa shape index (κ1) is 15.0. The number of hydrogen-bond acceptors (Lipinski definition) is 4. The van der Waals surface area contributed by atoms with Gasteiger partial charge in [-0.2, -0.15) is 0 Å². The largest absolute Gasteiger partial charge is 0.326 e. The molecule has 1 aromatic carbocycles. The summed E-state index contributed by atoms with van der Waals surface area (Å²) >= 11 is 1.61. The number of halogens is 1. The van der Waals surface area contributed by atoms with E-state index in [1.54, 1.807) is 17.5 Å². The number of thiazole rings is 1. The van der Waals surface area contributed by atoms with E-state index in [1.807, 2.05) is 29.6 Å². The van der Waals surface area contributed by atoms with E-state index >= 15 is 0 Å². The summed E-state index contributed by atoms with van der Waals surface area (Å²) in [5, 5.41) is 9.11. The number of aromatic nitrogens is 1. The maximum atomic E-state index is 12.0. The molecule has 2 heterocycles. The third kappa shape index (κ3) is 3.36. The second-order valence-corrected chi connectivity index (χ2v) is 5.49. The SMILES string of the molecule is Cl.O=C(Nc1ccc(-c2nccs2)cc1)C1CCNC1. The van der Waals surface area contributed by atoms with Gasteiger partial charge in [-0.25, -0.2) is 4.98 Å². The molecule has 1 amide bonds. The van der Waals surface area contributed by atoms with Crippen LogP contribution in [-0.2, 0) is 4.79 Å². The van der Waals surface area contributed by atoms with Gasteiger partial charge in [0.15, 0.2) is 0 Å². The molecule has 20 heavy (non-hydrogen) atoms. The molecule has 0 radical (unpaired) electrons. The Balaban J connectivity index is 0.00000147. The predicted octanol–water partition coefficient (Wildman–Crippen LogP) is 2.78. The van der Waals surface area contributed by atoms with Crippen molar-refractivity contribution >= 4 is 35.3 Å². The minimum absolute atomic E-state index is 0. The average Bonchev–Trinajstić information content (AvgIpc) is 3.13. The maximum Gasteiger partial charge on any atom is 0.228 e. The zero-order chi connectivity index (χ0) is 13.1. The van der Waals surface area contributed by atoms with E-state index in [-0.39, 0.29) is 24.2 Å². The molecule has 1 aliphatic heterocycles. The molecular formula is C14H16ClN3OS. The molecule has 1 unspecified atom stereocenters. The fraction of sp³-hybridized carbons (Fsp3) is 0.286. The van der Waals surface area contributed by atoms with Gasteiger partial charge in [-0.3, -0.25) is 4.79 Å². The molecule has 0 bridgehead atoms. The molecule has 1 atom stereocenters. The van der Waals surface area contributed by atoms with Crippen LogP contribution < -0.4 is 10.6 Å². The van der Waals surface area contributed by atoms with Gasteiger partial charge < -0.3 is 10.6 Å². The molecule has 2 aromatic rings. The quantitative estimate of drug-likeness (QED) is 0.916. The molecule has 6 heteroatoms. The van der Waals surface area contributed by atoms with E-state index in [9.17, 15) is 4.79 Å². The highest BCUT2D eigenvalue weighted by atomic mass is 35.5. The summed E-state index contributed by atoms with van der Waals surface area (Å²) < 4.78 is 0. The standard InChI is InChI=1S/C14H15N3OS.ClH/c18-13(11-5-6-15-9-11)17-12-3-1-10(2-4-12)14-16-7-8-19-14;/h1-4,7-8,11,15H,5-6,9H2,(H,17,18);1H. The topological polar surface area (TPSA) is 54.0 Å². The molecule has 1 fully saturated rings. The van der Waals surface area contributed by atoms with Crippen molar-refractivity contribution in [1.82, 2.24) is 10.3 Å². The number of carbonyl (C=O) groups is 1. The second-order valence-electron chi connectivity index (χ2n) is 4.59. The number of amides is 1. The van der Waals surface area contributed by atoms with Crippen molar-refractivity contribution in [3.05, 3.63) is 35.8 Å². The van der Waals surface area contributed by atoms with Crippen LogP contribution in [0.3, 0.4) is 0 Å². The predicted molar refractivity (Wildman–Crippen MR) is 84.4 cm³/mol. The summed E-state index contributed by atoms with van der Waals surface area (Å²) in [4.78, 5) is 16.2. The van der Waals surface area contributed by atoms with Crippen molar-refractivity contribution in [3.8, 4) is 10.6 Å². The summed E-state index contributed by atoms with van der Waals surface area (Å²) in [6.07, 6.45) is 2.71. The van der Waals surface area contributed by atoms with Crippen LogP contribution in [0, 0.1) is 5.92 Å². The zero-order valence-electron chi connectivity index (χ0n) is 10.8. The molecule has 0 aliphatic carbocycles. The maximum absolute atomic E-state index is 12.0. The van der Waals surface area contributed by atoms with Gasteiger partial charge in [0, 0.05) is 29.4 Å². The number of benzene rings is 1. The number of rotatable bonds is 3. The summed E-state index contributed by atoms with van der Waals surface area (Å²) in [6, 6.07) is 7.83. The van der Waals surface area contributed by atoms with Crippen LogP contribution in [-0.4, -0.2) is 24.0 Å². The Morgan fingerprint density at radius 1 is 1.35 bits per heavy atom. The fourth-order valence-corrected chi connectivity index (χ4v) is 2.83. The Hall–Kier alpha value is -1.43. The molecule has 0 spiro atoms. The lowest BCUT2D eigenvalue weighted by Crippen LogP contribution is -2.24.